The largest absolute Gasteiger partial charge is 0.396 e. The van der Waals surface area contributed by atoms with Crippen LogP contribution < -0.4 is 10.6 Å². The van der Waals surface area contributed by atoms with Gasteiger partial charge in [-0.05, 0) is 25.0 Å². The highest BCUT2D eigenvalue weighted by atomic mass is 35.5. The third-order valence-electron chi connectivity index (χ3n) is 3.71. The number of nitrogens with one attached hydrogen (secondary N) is 2. The smallest absolute Gasteiger partial charge is 0.319 e. The van der Waals surface area contributed by atoms with E-state index in [-0.39, 0.29) is 23.6 Å². The Bertz CT molecular complexity index is 505. The van der Waals surface area contributed by atoms with E-state index in [0.29, 0.717) is 0 Å². The fraction of sp³-hybridized carbons (Fsp3) is 0.500. The van der Waals surface area contributed by atoms with Crippen molar-refractivity contribution in [3.05, 3.63) is 28.8 Å². The number of urea groups is 1. The van der Waals surface area contributed by atoms with E-state index in [1.807, 2.05) is 0 Å². The number of aliphatic hydroxyl groups is 1. The summed E-state index contributed by atoms with van der Waals surface area (Å²) in [5.41, 5.74) is -0.534. The second-order valence-corrected chi connectivity index (χ2v) is 5.61. The SMILES string of the molecule is O=C(Nc1c(F)cc(Cl)cc1F)NC1CCCCC1CO. The number of hydrogen-bond acceptors (Lipinski definition) is 2. The average Bonchev–Trinajstić information content (AvgIpc) is 2.43. The number of carbonyl (C=O) groups is 1. The first kappa shape index (κ1) is 16.0. The summed E-state index contributed by atoms with van der Waals surface area (Å²) in [7, 11) is 0. The van der Waals surface area contributed by atoms with Crippen LogP contribution in [0.1, 0.15) is 25.7 Å². The molecule has 7 heteroatoms. The van der Waals surface area contributed by atoms with Gasteiger partial charge >= 0.3 is 6.03 Å². The van der Waals surface area contributed by atoms with E-state index in [1.165, 1.54) is 0 Å². The Kier molecular flexibility index (Phi) is 5.36. The van der Waals surface area contributed by atoms with Gasteiger partial charge in [0.1, 0.15) is 5.69 Å². The highest BCUT2D eigenvalue weighted by Crippen LogP contribution is 2.25. The van der Waals surface area contributed by atoms with E-state index < -0.39 is 23.4 Å². The number of rotatable bonds is 3. The Balaban J connectivity index is 2.01. The summed E-state index contributed by atoms with van der Waals surface area (Å²) < 4.78 is 27.2. The van der Waals surface area contributed by atoms with Gasteiger partial charge in [0.05, 0.1) is 0 Å². The first-order valence-electron chi connectivity index (χ1n) is 6.84. The molecule has 1 aromatic carbocycles. The van der Waals surface area contributed by atoms with Crippen LogP contribution in [0.25, 0.3) is 0 Å². The minimum absolute atomic E-state index is 0.0192. The minimum Gasteiger partial charge on any atom is -0.396 e. The van der Waals surface area contributed by atoms with Gasteiger partial charge in [-0.15, -0.1) is 0 Å². The van der Waals surface area contributed by atoms with Crippen LogP contribution in [0.3, 0.4) is 0 Å². The maximum atomic E-state index is 13.6. The van der Waals surface area contributed by atoms with Crippen LogP contribution >= 0.6 is 11.6 Å². The van der Waals surface area contributed by atoms with Crippen LogP contribution in [0.15, 0.2) is 12.1 Å². The lowest BCUT2D eigenvalue weighted by molar-refractivity contribution is 0.156. The lowest BCUT2D eigenvalue weighted by Crippen LogP contribution is -2.45. The van der Waals surface area contributed by atoms with Gasteiger partial charge in [-0.2, -0.15) is 0 Å². The quantitative estimate of drug-likeness (QED) is 0.801. The molecule has 4 nitrogen and oxygen atoms in total. The van der Waals surface area contributed by atoms with Crippen LogP contribution in [0.5, 0.6) is 0 Å². The summed E-state index contributed by atoms with van der Waals surface area (Å²) in [5.74, 6) is -1.89. The number of carbonyl (C=O) groups excluding carboxylic acids is 1. The third-order valence-corrected chi connectivity index (χ3v) is 3.92. The predicted octanol–water partition coefficient (Wildman–Crippen LogP) is 3.29. The maximum Gasteiger partial charge on any atom is 0.319 e. The highest BCUT2D eigenvalue weighted by Gasteiger charge is 2.26. The Morgan fingerprint density at radius 2 is 1.90 bits per heavy atom. The lowest BCUT2D eigenvalue weighted by atomic mass is 9.85. The van der Waals surface area contributed by atoms with Crippen molar-refractivity contribution in [1.82, 2.24) is 5.32 Å². The molecule has 0 aromatic heterocycles. The van der Waals surface area contributed by atoms with Gasteiger partial charge in [0.2, 0.25) is 0 Å². The van der Waals surface area contributed by atoms with Gasteiger partial charge in [-0.25, -0.2) is 13.6 Å². The van der Waals surface area contributed by atoms with Crippen molar-refractivity contribution in [3.8, 4) is 0 Å². The molecule has 0 heterocycles. The van der Waals surface area contributed by atoms with Crippen molar-refractivity contribution >= 4 is 23.3 Å². The van der Waals surface area contributed by atoms with Crippen molar-refractivity contribution in [3.63, 3.8) is 0 Å². The second-order valence-electron chi connectivity index (χ2n) is 5.18. The molecule has 3 N–H and O–H groups in total. The Morgan fingerprint density at radius 1 is 1.29 bits per heavy atom. The average molecular weight is 319 g/mol. The van der Waals surface area contributed by atoms with E-state index in [9.17, 15) is 18.7 Å². The van der Waals surface area contributed by atoms with Crippen molar-refractivity contribution in [2.24, 2.45) is 5.92 Å². The van der Waals surface area contributed by atoms with Crippen LogP contribution in [-0.2, 0) is 0 Å². The zero-order valence-electron chi connectivity index (χ0n) is 11.3. The van der Waals surface area contributed by atoms with Crippen LogP contribution in [0.4, 0.5) is 19.3 Å². The summed E-state index contributed by atoms with van der Waals surface area (Å²) >= 11 is 5.52. The van der Waals surface area contributed by atoms with E-state index in [0.717, 1.165) is 37.8 Å². The van der Waals surface area contributed by atoms with Crippen molar-refractivity contribution in [2.45, 2.75) is 31.7 Å². The molecule has 1 saturated carbocycles. The summed E-state index contributed by atoms with van der Waals surface area (Å²) in [5, 5.41) is 14.0. The molecule has 0 bridgehead atoms. The number of halogens is 3. The highest BCUT2D eigenvalue weighted by molar-refractivity contribution is 6.30. The molecule has 2 rings (SSSR count). The summed E-state index contributed by atoms with van der Waals surface area (Å²) in [6.45, 7) is -0.0192. The maximum absolute atomic E-state index is 13.6. The lowest BCUT2D eigenvalue weighted by Gasteiger charge is -2.30. The molecule has 1 fully saturated rings. The molecule has 1 aliphatic carbocycles. The first-order chi connectivity index (χ1) is 10.0. The molecule has 1 aromatic rings. The molecule has 21 heavy (non-hydrogen) atoms. The Hall–Kier alpha value is -1.40. The Labute approximate surface area is 126 Å². The Morgan fingerprint density at radius 3 is 2.52 bits per heavy atom. The monoisotopic (exact) mass is 318 g/mol. The molecule has 1 aliphatic rings. The number of aliphatic hydroxyl groups excluding tert-OH is 1. The molecule has 116 valence electrons. The van der Waals surface area contributed by atoms with Gasteiger partial charge in [0.15, 0.2) is 11.6 Å². The number of benzene rings is 1. The van der Waals surface area contributed by atoms with E-state index in [1.54, 1.807) is 0 Å². The van der Waals surface area contributed by atoms with Crippen LogP contribution in [-0.4, -0.2) is 23.8 Å². The van der Waals surface area contributed by atoms with Gasteiger partial charge < -0.3 is 15.7 Å². The topological polar surface area (TPSA) is 61.4 Å². The molecule has 2 atom stereocenters. The molecule has 2 unspecified atom stereocenters. The standard InChI is InChI=1S/C14H17ClF2N2O2/c15-9-5-10(16)13(11(17)6-9)19-14(21)18-12-4-2-1-3-8(12)7-20/h5-6,8,12,20H,1-4,7H2,(H2,18,19,21). The van der Waals surface area contributed by atoms with Gasteiger partial charge in [-0.1, -0.05) is 24.4 Å². The molecule has 0 saturated heterocycles. The fourth-order valence-electron chi connectivity index (χ4n) is 2.60. The summed E-state index contributed by atoms with van der Waals surface area (Å²) in [6, 6.07) is 0.969. The number of hydrogen-bond donors (Lipinski definition) is 3. The summed E-state index contributed by atoms with van der Waals surface area (Å²) in [6.07, 6.45) is 3.52. The fourth-order valence-corrected chi connectivity index (χ4v) is 2.79. The third kappa shape index (κ3) is 4.04. The van der Waals surface area contributed by atoms with E-state index >= 15 is 0 Å². The van der Waals surface area contributed by atoms with Gasteiger partial charge in [0, 0.05) is 23.6 Å². The zero-order valence-corrected chi connectivity index (χ0v) is 12.1. The normalized spacial score (nSPS) is 21.9. The van der Waals surface area contributed by atoms with Gasteiger partial charge in [0.25, 0.3) is 0 Å². The molecular formula is C14H17ClF2N2O2. The zero-order chi connectivity index (χ0) is 15.4. The predicted molar refractivity (Wildman–Crippen MR) is 76.4 cm³/mol. The number of amides is 2. The molecule has 2 amide bonds. The second kappa shape index (κ2) is 7.04. The minimum atomic E-state index is -0.933. The molecule has 0 radical (unpaired) electrons. The van der Waals surface area contributed by atoms with E-state index in [4.69, 9.17) is 11.6 Å². The molecular weight excluding hydrogens is 302 g/mol. The van der Waals surface area contributed by atoms with Crippen LogP contribution in [0, 0.1) is 17.6 Å². The number of anilines is 1. The van der Waals surface area contributed by atoms with Crippen molar-refractivity contribution in [1.29, 1.82) is 0 Å². The summed E-state index contributed by atoms with van der Waals surface area (Å²) in [4.78, 5) is 11.9. The first-order valence-corrected chi connectivity index (χ1v) is 7.22. The van der Waals surface area contributed by atoms with E-state index in [2.05, 4.69) is 10.6 Å². The van der Waals surface area contributed by atoms with Crippen molar-refractivity contribution < 1.29 is 18.7 Å². The van der Waals surface area contributed by atoms with Crippen molar-refractivity contribution in [2.75, 3.05) is 11.9 Å². The molecule has 0 spiro atoms. The van der Waals surface area contributed by atoms with Crippen LogP contribution in [0.2, 0.25) is 5.02 Å². The van der Waals surface area contributed by atoms with Gasteiger partial charge in [-0.3, -0.25) is 0 Å². The molecule has 0 aliphatic heterocycles.